The number of likely N-dealkylation sites (N-methyl/N-ethyl adjacent to an activating group) is 1. The summed E-state index contributed by atoms with van der Waals surface area (Å²) < 4.78 is 0. The molecule has 1 aliphatic rings. The number of hydrogen-bond acceptors (Lipinski definition) is 5. The normalized spacial score (nSPS) is 14.0. The second-order valence-electron chi connectivity index (χ2n) is 7.26. The lowest BCUT2D eigenvalue weighted by atomic mass is 10.1. The minimum atomic E-state index is -0.310. The van der Waals surface area contributed by atoms with Crippen LogP contribution in [0.4, 0.5) is 5.69 Å². The molecule has 2 amide bonds. The van der Waals surface area contributed by atoms with Crippen molar-refractivity contribution in [2.45, 2.75) is 20.3 Å². The van der Waals surface area contributed by atoms with Gasteiger partial charge in [-0.15, -0.1) is 11.3 Å². The van der Waals surface area contributed by atoms with Gasteiger partial charge in [-0.25, -0.2) is 4.90 Å². The Labute approximate surface area is 190 Å². The van der Waals surface area contributed by atoms with E-state index in [9.17, 15) is 9.59 Å². The van der Waals surface area contributed by atoms with Crippen LogP contribution in [0.15, 0.2) is 65.9 Å². The molecule has 0 saturated carbocycles. The summed E-state index contributed by atoms with van der Waals surface area (Å²) in [4.78, 5) is 35.3. The minimum absolute atomic E-state index is 0.310. The Balaban J connectivity index is 1.75. The molecular formula is C24H22ClN3O2S. The molecule has 3 heterocycles. The first-order valence-corrected chi connectivity index (χ1v) is 11.3. The van der Waals surface area contributed by atoms with Crippen molar-refractivity contribution < 1.29 is 9.59 Å². The van der Waals surface area contributed by atoms with Crippen molar-refractivity contribution in [3.8, 4) is 0 Å². The van der Waals surface area contributed by atoms with Crippen molar-refractivity contribution in [1.29, 1.82) is 0 Å². The van der Waals surface area contributed by atoms with Crippen LogP contribution in [-0.2, 0) is 16.0 Å². The van der Waals surface area contributed by atoms with Crippen LogP contribution in [0.1, 0.15) is 22.9 Å². The van der Waals surface area contributed by atoms with E-state index >= 15 is 0 Å². The van der Waals surface area contributed by atoms with Gasteiger partial charge in [-0.05, 0) is 67.1 Å². The number of imide groups is 1. The first-order chi connectivity index (χ1) is 15.0. The predicted molar refractivity (Wildman–Crippen MR) is 125 cm³/mol. The summed E-state index contributed by atoms with van der Waals surface area (Å²) in [7, 11) is 0. The highest BCUT2D eigenvalue weighted by atomic mass is 35.5. The smallest absolute Gasteiger partial charge is 0.282 e. The van der Waals surface area contributed by atoms with Crippen LogP contribution in [0, 0.1) is 6.92 Å². The standard InChI is InChI=1S/C24H22ClN3O2S/c1-3-27(13-10-17-8-11-26-12-9-17)22-21(20-5-4-14-31-20)23(29)28(24(22)30)19-15-18(25)7-6-16(19)2/h4-9,11-12,14-15H,3,10,13H2,1-2H3. The van der Waals surface area contributed by atoms with Gasteiger partial charge in [-0.1, -0.05) is 23.7 Å². The Bertz CT molecular complexity index is 1140. The number of aromatic nitrogens is 1. The molecule has 0 unspecified atom stereocenters. The zero-order valence-electron chi connectivity index (χ0n) is 17.3. The Morgan fingerprint density at radius 2 is 1.87 bits per heavy atom. The lowest BCUT2D eigenvalue weighted by Crippen LogP contribution is -2.36. The van der Waals surface area contributed by atoms with E-state index < -0.39 is 0 Å². The van der Waals surface area contributed by atoms with Gasteiger partial charge >= 0.3 is 0 Å². The van der Waals surface area contributed by atoms with Gasteiger partial charge in [-0.3, -0.25) is 14.6 Å². The Morgan fingerprint density at radius 3 is 2.55 bits per heavy atom. The number of thiophene rings is 1. The van der Waals surface area contributed by atoms with E-state index in [0.29, 0.717) is 35.1 Å². The number of rotatable bonds is 7. The lowest BCUT2D eigenvalue weighted by Gasteiger charge is -2.25. The van der Waals surface area contributed by atoms with Crippen molar-refractivity contribution in [3.63, 3.8) is 0 Å². The summed E-state index contributed by atoms with van der Waals surface area (Å²) in [6.45, 7) is 5.09. The van der Waals surface area contributed by atoms with Gasteiger partial charge < -0.3 is 4.90 Å². The van der Waals surface area contributed by atoms with Crippen molar-refractivity contribution >= 4 is 46.0 Å². The molecule has 0 radical (unpaired) electrons. The Hall–Kier alpha value is -2.96. The average molecular weight is 452 g/mol. The van der Waals surface area contributed by atoms with Crippen LogP contribution in [-0.4, -0.2) is 34.8 Å². The van der Waals surface area contributed by atoms with Crippen LogP contribution in [0.3, 0.4) is 0 Å². The van der Waals surface area contributed by atoms with E-state index in [-0.39, 0.29) is 11.8 Å². The van der Waals surface area contributed by atoms with Gasteiger partial charge in [0.05, 0.1) is 11.3 Å². The molecule has 0 atom stereocenters. The Kier molecular flexibility index (Phi) is 6.20. The SMILES string of the molecule is CCN(CCc1ccncc1)C1=C(c2cccs2)C(=O)N(c2cc(Cl)ccc2C)C1=O. The minimum Gasteiger partial charge on any atom is -0.366 e. The molecule has 0 saturated heterocycles. The van der Waals surface area contributed by atoms with Crippen LogP contribution in [0.25, 0.3) is 5.57 Å². The summed E-state index contributed by atoms with van der Waals surface area (Å²) >= 11 is 7.65. The van der Waals surface area contributed by atoms with E-state index in [1.807, 2.05) is 54.5 Å². The van der Waals surface area contributed by atoms with Gasteiger partial charge in [-0.2, -0.15) is 0 Å². The van der Waals surface area contributed by atoms with Gasteiger partial charge in [0, 0.05) is 35.4 Å². The molecule has 7 heteroatoms. The number of carbonyl (C=O) groups is 2. The maximum Gasteiger partial charge on any atom is 0.282 e. The first kappa shape index (κ1) is 21.3. The van der Waals surface area contributed by atoms with Crippen LogP contribution >= 0.6 is 22.9 Å². The van der Waals surface area contributed by atoms with Crippen LogP contribution < -0.4 is 4.90 Å². The third kappa shape index (κ3) is 4.13. The molecule has 4 rings (SSSR count). The fourth-order valence-corrected chi connectivity index (χ4v) is 4.67. The Morgan fingerprint density at radius 1 is 1.10 bits per heavy atom. The van der Waals surface area contributed by atoms with E-state index in [2.05, 4.69) is 4.98 Å². The van der Waals surface area contributed by atoms with E-state index in [0.717, 1.165) is 22.4 Å². The molecule has 1 aliphatic heterocycles. The second-order valence-corrected chi connectivity index (χ2v) is 8.65. The monoisotopic (exact) mass is 451 g/mol. The van der Waals surface area contributed by atoms with Crippen molar-refractivity contribution in [2.75, 3.05) is 18.0 Å². The fourth-order valence-electron chi connectivity index (χ4n) is 3.74. The summed E-state index contributed by atoms with van der Waals surface area (Å²) in [5.41, 5.74) is 3.37. The number of halogens is 1. The van der Waals surface area contributed by atoms with Crippen LogP contribution in [0.5, 0.6) is 0 Å². The zero-order chi connectivity index (χ0) is 22.0. The van der Waals surface area contributed by atoms with Gasteiger partial charge in [0.2, 0.25) is 0 Å². The molecule has 1 aromatic carbocycles. The van der Waals surface area contributed by atoms with Gasteiger partial charge in [0.25, 0.3) is 11.8 Å². The average Bonchev–Trinajstić information content (AvgIpc) is 3.38. The maximum atomic E-state index is 13.7. The third-order valence-electron chi connectivity index (χ3n) is 5.36. The summed E-state index contributed by atoms with van der Waals surface area (Å²) in [6, 6.07) is 13.0. The topological polar surface area (TPSA) is 53.5 Å². The quantitative estimate of drug-likeness (QED) is 0.477. The molecular weight excluding hydrogens is 430 g/mol. The van der Waals surface area contributed by atoms with E-state index in [1.54, 1.807) is 24.5 Å². The number of amides is 2. The number of aryl methyl sites for hydroxylation is 1. The molecule has 2 aromatic heterocycles. The molecule has 0 fully saturated rings. The van der Waals surface area contributed by atoms with Gasteiger partial charge in [0.15, 0.2) is 0 Å². The third-order valence-corrected chi connectivity index (χ3v) is 6.48. The zero-order valence-corrected chi connectivity index (χ0v) is 18.9. The second kappa shape index (κ2) is 9.04. The molecule has 158 valence electrons. The fraction of sp³-hybridized carbons (Fsp3) is 0.208. The summed E-state index contributed by atoms with van der Waals surface area (Å²) in [6.07, 6.45) is 4.26. The molecule has 0 spiro atoms. The predicted octanol–water partition coefficient (Wildman–Crippen LogP) is 4.95. The number of carbonyl (C=O) groups excluding carboxylic acids is 2. The molecule has 3 aromatic rings. The number of hydrogen-bond donors (Lipinski definition) is 0. The number of anilines is 1. The highest BCUT2D eigenvalue weighted by Gasteiger charge is 2.43. The number of benzene rings is 1. The summed E-state index contributed by atoms with van der Waals surface area (Å²) in [5.74, 6) is -0.620. The summed E-state index contributed by atoms with van der Waals surface area (Å²) in [5, 5.41) is 2.40. The van der Waals surface area contributed by atoms with Crippen molar-refractivity contribution in [2.24, 2.45) is 0 Å². The van der Waals surface area contributed by atoms with Crippen molar-refractivity contribution in [1.82, 2.24) is 9.88 Å². The molecule has 0 bridgehead atoms. The largest absolute Gasteiger partial charge is 0.366 e. The highest BCUT2D eigenvalue weighted by molar-refractivity contribution is 7.11. The molecule has 0 N–H and O–H groups in total. The van der Waals surface area contributed by atoms with Crippen LogP contribution in [0.2, 0.25) is 5.02 Å². The molecule has 5 nitrogen and oxygen atoms in total. The van der Waals surface area contributed by atoms with Gasteiger partial charge in [0.1, 0.15) is 5.70 Å². The molecule has 31 heavy (non-hydrogen) atoms. The van der Waals surface area contributed by atoms with E-state index in [1.165, 1.54) is 16.2 Å². The van der Waals surface area contributed by atoms with E-state index in [4.69, 9.17) is 11.6 Å². The number of nitrogens with zero attached hydrogens (tertiary/aromatic N) is 3. The molecule has 0 aliphatic carbocycles. The first-order valence-electron chi connectivity index (χ1n) is 10.1. The highest BCUT2D eigenvalue weighted by Crippen LogP contribution is 2.38. The van der Waals surface area contributed by atoms with Crippen molar-refractivity contribution in [3.05, 3.63) is 87.0 Å². The number of pyridine rings is 1. The lowest BCUT2D eigenvalue weighted by molar-refractivity contribution is -0.120. The maximum absolute atomic E-state index is 13.7.